The maximum absolute atomic E-state index is 11.7. The van der Waals surface area contributed by atoms with Crippen LogP contribution in [-0.2, 0) is 25.5 Å². The second-order valence-corrected chi connectivity index (χ2v) is 4.46. The summed E-state index contributed by atoms with van der Waals surface area (Å²) in [6.07, 6.45) is 2.95. The first kappa shape index (κ1) is 14.2. The average molecular weight is 280 g/mol. The van der Waals surface area contributed by atoms with E-state index in [1.165, 1.54) is 4.68 Å². The van der Waals surface area contributed by atoms with E-state index in [0.717, 1.165) is 0 Å². The molecule has 1 aromatic heterocycles. The smallest absolute Gasteiger partial charge is 0.306 e. The van der Waals surface area contributed by atoms with E-state index in [-0.39, 0.29) is 30.6 Å². The monoisotopic (exact) mass is 280 g/mol. The number of carbonyl (C=O) groups excluding carboxylic acids is 3. The Bertz CT molecular complexity index is 525. The summed E-state index contributed by atoms with van der Waals surface area (Å²) in [4.78, 5) is 34.0. The quantitative estimate of drug-likeness (QED) is 0.589. The van der Waals surface area contributed by atoms with E-state index in [1.54, 1.807) is 13.1 Å². The topological polar surface area (TPSA) is 103 Å². The summed E-state index contributed by atoms with van der Waals surface area (Å²) in [6.45, 7) is 2.10. The fourth-order valence-electron chi connectivity index (χ4n) is 1.98. The number of ether oxygens (including phenoxy) is 1. The van der Waals surface area contributed by atoms with Crippen LogP contribution < -0.4 is 5.32 Å². The summed E-state index contributed by atoms with van der Waals surface area (Å²) in [7, 11) is 0. The fourth-order valence-corrected chi connectivity index (χ4v) is 1.98. The molecule has 1 atom stereocenters. The van der Waals surface area contributed by atoms with Crippen molar-refractivity contribution in [2.24, 2.45) is 0 Å². The number of esters is 1. The molecule has 2 heterocycles. The molecular weight excluding hydrogens is 264 g/mol. The summed E-state index contributed by atoms with van der Waals surface area (Å²) in [5.74, 6) is -0.931. The molecule has 1 fully saturated rings. The molecule has 0 spiro atoms. The van der Waals surface area contributed by atoms with Gasteiger partial charge < -0.3 is 4.74 Å². The summed E-state index contributed by atoms with van der Waals surface area (Å²) in [5.41, 5.74) is 0.614. The van der Waals surface area contributed by atoms with Crippen LogP contribution in [0.2, 0.25) is 0 Å². The second kappa shape index (κ2) is 6.27. The van der Waals surface area contributed by atoms with Gasteiger partial charge in [-0.05, 0) is 13.3 Å². The Morgan fingerprint density at radius 1 is 1.55 bits per heavy atom. The third-order valence-corrected chi connectivity index (χ3v) is 2.98. The maximum atomic E-state index is 11.7. The zero-order valence-electron chi connectivity index (χ0n) is 11.2. The Balaban J connectivity index is 1.93. The highest BCUT2D eigenvalue weighted by atomic mass is 16.5. The van der Waals surface area contributed by atoms with E-state index in [1.807, 2.05) is 0 Å². The third kappa shape index (κ3) is 3.40. The number of amides is 2. The molecule has 8 heteroatoms. The SMILES string of the molecule is CCOC(=O)CCc1cn(C2CCC(=O)NC2=O)nn1. The van der Waals surface area contributed by atoms with Crippen LogP contribution in [0, 0.1) is 0 Å². The maximum Gasteiger partial charge on any atom is 0.306 e. The number of aromatic nitrogens is 3. The number of aryl methyl sites for hydroxylation is 1. The van der Waals surface area contributed by atoms with Crippen LogP contribution in [0.25, 0.3) is 0 Å². The number of rotatable bonds is 5. The minimum absolute atomic E-state index is 0.224. The molecule has 1 saturated heterocycles. The van der Waals surface area contributed by atoms with Crippen LogP contribution in [0.15, 0.2) is 6.20 Å². The van der Waals surface area contributed by atoms with Crippen LogP contribution in [0.5, 0.6) is 0 Å². The summed E-state index contributed by atoms with van der Waals surface area (Å²) < 4.78 is 6.25. The van der Waals surface area contributed by atoms with Crippen molar-refractivity contribution in [2.75, 3.05) is 6.61 Å². The first-order valence-electron chi connectivity index (χ1n) is 6.50. The molecule has 1 aliphatic heterocycles. The van der Waals surface area contributed by atoms with Gasteiger partial charge in [0.25, 0.3) is 5.91 Å². The molecule has 0 aromatic carbocycles. The molecule has 1 unspecified atom stereocenters. The number of hydrogen-bond donors (Lipinski definition) is 1. The number of imide groups is 1. The first-order chi connectivity index (χ1) is 9.60. The highest BCUT2D eigenvalue weighted by Gasteiger charge is 2.28. The van der Waals surface area contributed by atoms with Gasteiger partial charge in [0.2, 0.25) is 5.91 Å². The van der Waals surface area contributed by atoms with Crippen molar-refractivity contribution in [2.45, 2.75) is 38.6 Å². The molecule has 1 aromatic rings. The van der Waals surface area contributed by atoms with Gasteiger partial charge in [0.15, 0.2) is 0 Å². The van der Waals surface area contributed by atoms with Gasteiger partial charge in [-0.3, -0.25) is 19.7 Å². The van der Waals surface area contributed by atoms with Crippen molar-refractivity contribution in [1.29, 1.82) is 0 Å². The lowest BCUT2D eigenvalue weighted by Crippen LogP contribution is -2.41. The average Bonchev–Trinajstić information content (AvgIpc) is 2.85. The molecule has 2 rings (SSSR count). The van der Waals surface area contributed by atoms with Crippen molar-refractivity contribution in [3.8, 4) is 0 Å². The van der Waals surface area contributed by atoms with Crippen LogP contribution in [-0.4, -0.2) is 39.4 Å². The molecule has 1 aliphatic rings. The predicted octanol–water partition coefficient (Wildman–Crippen LogP) is -0.249. The number of nitrogens with one attached hydrogen (secondary N) is 1. The normalized spacial score (nSPS) is 18.8. The molecule has 0 aliphatic carbocycles. The Morgan fingerprint density at radius 3 is 3.05 bits per heavy atom. The number of piperidine rings is 1. The van der Waals surface area contributed by atoms with Gasteiger partial charge in [-0.2, -0.15) is 0 Å². The lowest BCUT2D eigenvalue weighted by Gasteiger charge is -2.20. The number of nitrogens with zero attached hydrogens (tertiary/aromatic N) is 3. The standard InChI is InChI=1S/C12H16N4O4/c1-2-20-11(18)6-3-8-7-16(15-14-8)9-4-5-10(17)13-12(9)19/h7,9H,2-6H2,1H3,(H,13,17,19). The Labute approximate surface area is 115 Å². The molecular formula is C12H16N4O4. The lowest BCUT2D eigenvalue weighted by atomic mass is 10.1. The second-order valence-electron chi connectivity index (χ2n) is 4.46. The van der Waals surface area contributed by atoms with E-state index in [4.69, 9.17) is 4.74 Å². The Kier molecular flexibility index (Phi) is 4.44. The van der Waals surface area contributed by atoms with Gasteiger partial charge >= 0.3 is 5.97 Å². The molecule has 1 N–H and O–H groups in total. The van der Waals surface area contributed by atoms with Gasteiger partial charge in [0, 0.05) is 19.0 Å². The van der Waals surface area contributed by atoms with Crippen molar-refractivity contribution >= 4 is 17.8 Å². The zero-order chi connectivity index (χ0) is 14.5. The third-order valence-electron chi connectivity index (χ3n) is 2.98. The van der Waals surface area contributed by atoms with Crippen LogP contribution in [0.4, 0.5) is 0 Å². The Morgan fingerprint density at radius 2 is 2.35 bits per heavy atom. The number of carbonyl (C=O) groups is 3. The molecule has 2 amide bonds. The van der Waals surface area contributed by atoms with Crippen LogP contribution >= 0.6 is 0 Å². The van der Waals surface area contributed by atoms with Crippen molar-refractivity contribution in [3.63, 3.8) is 0 Å². The van der Waals surface area contributed by atoms with E-state index in [9.17, 15) is 14.4 Å². The minimum atomic E-state index is -0.517. The van der Waals surface area contributed by atoms with Crippen molar-refractivity contribution in [3.05, 3.63) is 11.9 Å². The van der Waals surface area contributed by atoms with Crippen LogP contribution in [0.1, 0.15) is 37.9 Å². The van der Waals surface area contributed by atoms with Gasteiger partial charge in [-0.15, -0.1) is 5.10 Å². The minimum Gasteiger partial charge on any atom is -0.466 e. The van der Waals surface area contributed by atoms with Gasteiger partial charge in [0.1, 0.15) is 6.04 Å². The molecule has 108 valence electrons. The molecule has 20 heavy (non-hydrogen) atoms. The van der Waals surface area contributed by atoms with Gasteiger partial charge in [0.05, 0.1) is 18.7 Å². The van der Waals surface area contributed by atoms with E-state index in [0.29, 0.717) is 25.1 Å². The van der Waals surface area contributed by atoms with E-state index >= 15 is 0 Å². The zero-order valence-corrected chi connectivity index (χ0v) is 11.2. The summed E-state index contributed by atoms with van der Waals surface area (Å²) >= 11 is 0. The highest BCUT2D eigenvalue weighted by molar-refractivity contribution is 5.99. The van der Waals surface area contributed by atoms with Crippen molar-refractivity contribution in [1.82, 2.24) is 20.3 Å². The van der Waals surface area contributed by atoms with Crippen molar-refractivity contribution < 1.29 is 19.1 Å². The first-order valence-corrected chi connectivity index (χ1v) is 6.50. The largest absolute Gasteiger partial charge is 0.466 e. The molecule has 0 radical (unpaired) electrons. The Hall–Kier alpha value is -2.25. The summed E-state index contributed by atoms with van der Waals surface area (Å²) in [6, 6.07) is -0.517. The number of hydrogen-bond acceptors (Lipinski definition) is 6. The molecule has 0 bridgehead atoms. The highest BCUT2D eigenvalue weighted by Crippen LogP contribution is 2.17. The predicted molar refractivity (Wildman–Crippen MR) is 66.4 cm³/mol. The molecule has 0 saturated carbocycles. The fraction of sp³-hybridized carbons (Fsp3) is 0.583. The van der Waals surface area contributed by atoms with Crippen LogP contribution in [0.3, 0.4) is 0 Å². The van der Waals surface area contributed by atoms with Gasteiger partial charge in [-0.25, -0.2) is 4.68 Å². The van der Waals surface area contributed by atoms with E-state index in [2.05, 4.69) is 15.6 Å². The lowest BCUT2D eigenvalue weighted by molar-refractivity contribution is -0.143. The summed E-state index contributed by atoms with van der Waals surface area (Å²) in [5, 5.41) is 10.1. The van der Waals surface area contributed by atoms with E-state index < -0.39 is 6.04 Å². The molecule has 8 nitrogen and oxygen atoms in total. The van der Waals surface area contributed by atoms with Gasteiger partial charge in [-0.1, -0.05) is 5.21 Å².